The number of aromatic nitrogens is 1. The lowest BCUT2D eigenvalue weighted by Crippen LogP contribution is -2.36. The Labute approximate surface area is 163 Å². The van der Waals surface area contributed by atoms with Gasteiger partial charge in [-0.1, -0.05) is 25.1 Å². The van der Waals surface area contributed by atoms with E-state index in [9.17, 15) is 8.78 Å². The summed E-state index contributed by atoms with van der Waals surface area (Å²) in [5, 5.41) is 10.3. The van der Waals surface area contributed by atoms with E-state index in [4.69, 9.17) is 9.26 Å². The number of hydrogen-bond donors (Lipinski definition) is 2. The minimum atomic E-state index is -2.93. The third-order valence-corrected chi connectivity index (χ3v) is 3.81. The molecule has 0 saturated heterocycles. The Morgan fingerprint density at radius 3 is 2.61 bits per heavy atom. The summed E-state index contributed by atoms with van der Waals surface area (Å²) in [5.74, 6) is 1.78. The highest BCUT2D eigenvalue weighted by atomic mass is 19.3. The third-order valence-electron chi connectivity index (χ3n) is 3.81. The zero-order valence-corrected chi connectivity index (χ0v) is 16.5. The fourth-order valence-corrected chi connectivity index (χ4v) is 2.37. The lowest BCUT2D eigenvalue weighted by atomic mass is 10.1. The molecule has 0 unspecified atom stereocenters. The summed E-state index contributed by atoms with van der Waals surface area (Å²) in [6, 6.07) is 6.71. The Morgan fingerprint density at radius 2 is 2.00 bits per heavy atom. The van der Waals surface area contributed by atoms with Crippen LogP contribution in [0.4, 0.5) is 8.78 Å². The quantitative estimate of drug-likeness (QED) is 0.497. The van der Waals surface area contributed by atoms with Gasteiger partial charge in [-0.05, 0) is 30.5 Å². The van der Waals surface area contributed by atoms with Crippen LogP contribution in [0.3, 0.4) is 0 Å². The maximum Gasteiger partial charge on any atom is 0.387 e. The number of ether oxygens (including phenoxy) is 2. The number of hydrogen-bond acceptors (Lipinski definition) is 5. The lowest BCUT2D eigenvalue weighted by molar-refractivity contribution is -0.0512. The van der Waals surface area contributed by atoms with Crippen molar-refractivity contribution < 1.29 is 22.8 Å². The largest absolute Gasteiger partial charge is 0.493 e. The molecule has 1 aromatic carbocycles. The van der Waals surface area contributed by atoms with E-state index in [0.29, 0.717) is 36.3 Å². The number of aliphatic imine (C=N–C) groups is 1. The van der Waals surface area contributed by atoms with E-state index in [1.807, 2.05) is 26.8 Å². The van der Waals surface area contributed by atoms with Gasteiger partial charge in [-0.3, -0.25) is 0 Å². The van der Waals surface area contributed by atoms with Crippen LogP contribution in [0.1, 0.15) is 43.7 Å². The molecule has 0 saturated carbocycles. The van der Waals surface area contributed by atoms with Crippen LogP contribution in [-0.2, 0) is 13.1 Å². The highest BCUT2D eigenvalue weighted by molar-refractivity contribution is 5.79. The van der Waals surface area contributed by atoms with Gasteiger partial charge in [-0.15, -0.1) is 0 Å². The number of nitrogens with zero attached hydrogens (tertiary/aromatic N) is 2. The van der Waals surface area contributed by atoms with Gasteiger partial charge in [0, 0.05) is 12.6 Å². The zero-order chi connectivity index (χ0) is 20.5. The number of halogens is 2. The van der Waals surface area contributed by atoms with Gasteiger partial charge in [0.2, 0.25) is 0 Å². The second kappa shape index (κ2) is 10.5. The minimum Gasteiger partial charge on any atom is -0.493 e. The molecular weight excluding hydrogens is 370 g/mol. The van der Waals surface area contributed by atoms with Crippen LogP contribution >= 0.6 is 0 Å². The number of alkyl halides is 2. The van der Waals surface area contributed by atoms with Crippen molar-refractivity contribution in [2.24, 2.45) is 4.99 Å². The van der Waals surface area contributed by atoms with E-state index in [0.717, 1.165) is 5.69 Å². The highest BCUT2D eigenvalue weighted by Gasteiger charge is 2.12. The summed E-state index contributed by atoms with van der Waals surface area (Å²) in [4.78, 5) is 4.46. The summed E-state index contributed by atoms with van der Waals surface area (Å²) in [6.45, 7) is 4.47. The molecule has 28 heavy (non-hydrogen) atoms. The first-order valence-electron chi connectivity index (χ1n) is 9.02. The average Bonchev–Trinajstić information content (AvgIpc) is 3.13. The van der Waals surface area contributed by atoms with Crippen molar-refractivity contribution in [1.29, 1.82) is 0 Å². The van der Waals surface area contributed by atoms with E-state index in [1.165, 1.54) is 13.2 Å². The standard InChI is InChI=1S/C19H26F2N4O3/c1-5-22-19(24-11-14-9-15(12(2)3)25-28-14)23-10-13-6-7-16(26-4)17(8-13)27-18(20)21/h6-9,12,18H,5,10-11H2,1-4H3,(H2,22,23,24). The molecule has 154 valence electrons. The minimum absolute atomic E-state index is 0.0222. The van der Waals surface area contributed by atoms with Gasteiger partial charge in [0.1, 0.15) is 0 Å². The molecule has 2 aromatic rings. The Bertz CT molecular complexity index is 778. The molecule has 0 spiro atoms. The molecule has 7 nitrogen and oxygen atoms in total. The molecule has 0 atom stereocenters. The van der Waals surface area contributed by atoms with Crippen LogP contribution in [0.15, 0.2) is 33.8 Å². The van der Waals surface area contributed by atoms with Crippen LogP contribution in [0, 0.1) is 0 Å². The second-order valence-electron chi connectivity index (χ2n) is 6.29. The van der Waals surface area contributed by atoms with Crippen LogP contribution in [0.2, 0.25) is 0 Å². The summed E-state index contributed by atoms with van der Waals surface area (Å²) >= 11 is 0. The maximum absolute atomic E-state index is 12.6. The molecule has 0 radical (unpaired) electrons. The average molecular weight is 396 g/mol. The Hall–Kier alpha value is -2.84. The zero-order valence-electron chi connectivity index (χ0n) is 16.5. The summed E-state index contributed by atoms with van der Waals surface area (Å²) in [7, 11) is 1.40. The summed E-state index contributed by atoms with van der Waals surface area (Å²) < 4.78 is 39.9. The molecule has 1 heterocycles. The highest BCUT2D eigenvalue weighted by Crippen LogP contribution is 2.29. The van der Waals surface area contributed by atoms with Crippen molar-refractivity contribution in [3.63, 3.8) is 0 Å². The number of nitrogens with one attached hydrogen (secondary N) is 2. The van der Waals surface area contributed by atoms with E-state index < -0.39 is 6.61 Å². The van der Waals surface area contributed by atoms with Gasteiger partial charge in [0.25, 0.3) is 0 Å². The van der Waals surface area contributed by atoms with Crippen LogP contribution in [0.5, 0.6) is 11.5 Å². The van der Waals surface area contributed by atoms with E-state index >= 15 is 0 Å². The second-order valence-corrected chi connectivity index (χ2v) is 6.29. The predicted octanol–water partition coefficient (Wildman–Crippen LogP) is 3.66. The molecule has 9 heteroatoms. The fraction of sp³-hybridized carbons (Fsp3) is 0.474. The van der Waals surface area contributed by atoms with E-state index in [2.05, 4.69) is 25.5 Å². The van der Waals surface area contributed by atoms with Crippen LogP contribution in [-0.4, -0.2) is 31.4 Å². The molecule has 2 rings (SSSR count). The molecule has 2 N–H and O–H groups in total. The normalized spacial score (nSPS) is 11.8. The van der Waals surface area contributed by atoms with Crippen molar-refractivity contribution in [3.05, 3.63) is 41.3 Å². The van der Waals surface area contributed by atoms with Crippen molar-refractivity contribution in [2.75, 3.05) is 13.7 Å². The molecule has 0 fully saturated rings. The summed E-state index contributed by atoms with van der Waals surface area (Å²) in [6.07, 6.45) is 0. The van der Waals surface area contributed by atoms with Gasteiger partial charge in [0.05, 0.1) is 25.9 Å². The van der Waals surface area contributed by atoms with Gasteiger partial charge in [-0.25, -0.2) is 4.99 Å². The van der Waals surface area contributed by atoms with Crippen molar-refractivity contribution in [2.45, 2.75) is 46.4 Å². The third kappa shape index (κ3) is 6.40. The van der Waals surface area contributed by atoms with Crippen molar-refractivity contribution in [3.8, 4) is 11.5 Å². The topological polar surface area (TPSA) is 80.9 Å². The molecule has 0 aliphatic heterocycles. The summed E-state index contributed by atoms with van der Waals surface area (Å²) in [5.41, 5.74) is 1.60. The molecule has 0 amide bonds. The Morgan fingerprint density at radius 1 is 1.21 bits per heavy atom. The monoisotopic (exact) mass is 396 g/mol. The maximum atomic E-state index is 12.6. The van der Waals surface area contributed by atoms with Crippen LogP contribution < -0.4 is 20.1 Å². The van der Waals surface area contributed by atoms with Gasteiger partial charge >= 0.3 is 6.61 Å². The first-order valence-corrected chi connectivity index (χ1v) is 9.02. The molecular formula is C19H26F2N4O3. The number of methoxy groups -OCH3 is 1. The van der Waals surface area contributed by atoms with Crippen LogP contribution in [0.25, 0.3) is 0 Å². The lowest BCUT2D eigenvalue weighted by Gasteiger charge is -2.12. The molecule has 0 aliphatic carbocycles. The van der Waals surface area contributed by atoms with Crippen molar-refractivity contribution in [1.82, 2.24) is 15.8 Å². The van der Waals surface area contributed by atoms with Gasteiger partial charge in [0.15, 0.2) is 23.2 Å². The smallest absolute Gasteiger partial charge is 0.387 e. The molecule has 0 aliphatic rings. The fourth-order valence-electron chi connectivity index (χ4n) is 2.37. The van der Waals surface area contributed by atoms with Gasteiger partial charge < -0.3 is 24.6 Å². The first kappa shape index (κ1) is 21.5. The molecule has 0 bridgehead atoms. The first-order chi connectivity index (χ1) is 13.4. The number of rotatable bonds is 9. The SMILES string of the molecule is CCNC(=NCc1ccc(OC)c(OC(F)F)c1)NCc1cc(C(C)C)no1. The molecule has 1 aromatic heterocycles. The van der Waals surface area contributed by atoms with E-state index in [1.54, 1.807) is 12.1 Å². The predicted molar refractivity (Wildman–Crippen MR) is 102 cm³/mol. The number of benzene rings is 1. The Balaban J connectivity index is 2.04. The Kier molecular flexibility index (Phi) is 8.03. The van der Waals surface area contributed by atoms with Gasteiger partial charge in [-0.2, -0.15) is 8.78 Å². The van der Waals surface area contributed by atoms with Crippen molar-refractivity contribution >= 4 is 5.96 Å². The van der Waals surface area contributed by atoms with E-state index in [-0.39, 0.29) is 18.0 Å². The number of guanidine groups is 1.